The van der Waals surface area contributed by atoms with Crippen molar-refractivity contribution in [2.24, 2.45) is 5.73 Å². The van der Waals surface area contributed by atoms with E-state index in [-0.39, 0.29) is 6.04 Å². The van der Waals surface area contributed by atoms with Gasteiger partial charge in [0.2, 0.25) is 0 Å². The fraction of sp³-hybridized carbons (Fsp3) is 0.615. The molecule has 3 aliphatic rings. The molecule has 0 saturated carbocycles. The highest BCUT2D eigenvalue weighted by atomic mass is 15.3. The number of hydrogen-bond donors (Lipinski definition) is 1. The lowest BCUT2D eigenvalue weighted by Gasteiger charge is -2.49. The maximum absolute atomic E-state index is 6.37. The van der Waals surface area contributed by atoms with Crippen LogP contribution in [0.15, 0.2) is 24.5 Å². The molecule has 4 heteroatoms. The molecule has 0 spiro atoms. The lowest BCUT2D eigenvalue weighted by molar-refractivity contribution is 0.00258. The van der Waals surface area contributed by atoms with Gasteiger partial charge in [0.05, 0.1) is 0 Å². The summed E-state index contributed by atoms with van der Waals surface area (Å²) in [6.07, 6.45) is 4.67. The van der Waals surface area contributed by atoms with Gasteiger partial charge >= 0.3 is 0 Å². The van der Waals surface area contributed by atoms with Crippen LogP contribution < -0.4 is 5.73 Å². The zero-order valence-corrected chi connectivity index (χ0v) is 10.1. The first-order chi connectivity index (χ1) is 8.33. The van der Waals surface area contributed by atoms with Crippen molar-refractivity contribution >= 4 is 0 Å². The molecule has 2 atom stereocenters. The number of aromatic nitrogens is 1. The van der Waals surface area contributed by atoms with Gasteiger partial charge in [-0.15, -0.1) is 0 Å². The Morgan fingerprint density at radius 1 is 1.35 bits per heavy atom. The Morgan fingerprint density at radius 2 is 2.18 bits per heavy atom. The van der Waals surface area contributed by atoms with E-state index >= 15 is 0 Å². The summed E-state index contributed by atoms with van der Waals surface area (Å²) in [6, 6.07) is 4.85. The number of fused-ring (bicyclic) bond motifs is 3. The first kappa shape index (κ1) is 11.1. The van der Waals surface area contributed by atoms with Crippen LogP contribution in [-0.4, -0.2) is 59.6 Å². The van der Waals surface area contributed by atoms with Crippen LogP contribution in [0.5, 0.6) is 0 Å². The molecule has 17 heavy (non-hydrogen) atoms. The van der Waals surface area contributed by atoms with Crippen molar-refractivity contribution in [2.75, 3.05) is 32.7 Å². The van der Waals surface area contributed by atoms with Crippen molar-refractivity contribution in [1.82, 2.24) is 14.8 Å². The topological polar surface area (TPSA) is 45.4 Å². The second-order valence-corrected chi connectivity index (χ2v) is 5.13. The van der Waals surface area contributed by atoms with Crippen molar-refractivity contribution < 1.29 is 0 Å². The van der Waals surface area contributed by atoms with Crippen molar-refractivity contribution in [3.8, 4) is 0 Å². The SMILES string of the molecule is NC(Cc1cccnc1)C1CN2CCN1CC2. The Labute approximate surface area is 102 Å². The largest absolute Gasteiger partial charge is 0.326 e. The molecule has 2 N–H and O–H groups in total. The Hall–Kier alpha value is -0.970. The fourth-order valence-corrected chi connectivity index (χ4v) is 2.99. The summed E-state index contributed by atoms with van der Waals surface area (Å²) < 4.78 is 0. The van der Waals surface area contributed by atoms with Crippen LogP contribution in [0.4, 0.5) is 0 Å². The van der Waals surface area contributed by atoms with Crippen LogP contribution in [-0.2, 0) is 6.42 Å². The normalized spacial score (nSPS) is 33.6. The maximum atomic E-state index is 6.37. The third-order valence-electron chi connectivity index (χ3n) is 4.01. The minimum atomic E-state index is 0.224. The molecule has 4 rings (SSSR count). The molecular weight excluding hydrogens is 212 g/mol. The third kappa shape index (κ3) is 2.34. The average molecular weight is 232 g/mol. The van der Waals surface area contributed by atoms with E-state index in [1.54, 1.807) is 0 Å². The van der Waals surface area contributed by atoms with E-state index in [1.807, 2.05) is 18.5 Å². The van der Waals surface area contributed by atoms with Gasteiger partial charge in [0.15, 0.2) is 0 Å². The monoisotopic (exact) mass is 232 g/mol. The van der Waals surface area contributed by atoms with Gasteiger partial charge in [0.25, 0.3) is 0 Å². The first-order valence-electron chi connectivity index (χ1n) is 6.44. The van der Waals surface area contributed by atoms with Gasteiger partial charge in [0.1, 0.15) is 0 Å². The fourth-order valence-electron chi connectivity index (χ4n) is 2.99. The van der Waals surface area contributed by atoms with E-state index in [0.29, 0.717) is 6.04 Å². The highest BCUT2D eigenvalue weighted by Crippen LogP contribution is 2.19. The van der Waals surface area contributed by atoms with Gasteiger partial charge in [-0.1, -0.05) is 6.07 Å². The first-order valence-corrected chi connectivity index (χ1v) is 6.44. The molecule has 92 valence electrons. The van der Waals surface area contributed by atoms with Crippen molar-refractivity contribution in [2.45, 2.75) is 18.5 Å². The molecule has 1 aromatic heterocycles. The van der Waals surface area contributed by atoms with Crippen LogP contribution in [0.1, 0.15) is 5.56 Å². The number of nitrogens with two attached hydrogens (primary N) is 1. The van der Waals surface area contributed by atoms with Gasteiger partial charge in [0, 0.05) is 57.2 Å². The highest BCUT2D eigenvalue weighted by molar-refractivity contribution is 5.11. The predicted octanol–water partition coefficient (Wildman–Crippen LogP) is -0.0488. The maximum Gasteiger partial charge on any atom is 0.0378 e. The Balaban J connectivity index is 1.64. The number of piperazine rings is 3. The third-order valence-corrected chi connectivity index (χ3v) is 4.01. The molecule has 0 radical (unpaired) electrons. The van der Waals surface area contributed by atoms with Crippen LogP contribution in [0.25, 0.3) is 0 Å². The molecule has 0 aromatic carbocycles. The molecule has 3 aliphatic heterocycles. The zero-order chi connectivity index (χ0) is 11.7. The summed E-state index contributed by atoms with van der Waals surface area (Å²) in [4.78, 5) is 9.24. The van der Waals surface area contributed by atoms with E-state index in [9.17, 15) is 0 Å². The molecule has 1 aromatic rings. The highest BCUT2D eigenvalue weighted by Gasteiger charge is 2.35. The van der Waals surface area contributed by atoms with Gasteiger partial charge in [-0.05, 0) is 18.1 Å². The molecule has 3 fully saturated rings. The van der Waals surface area contributed by atoms with E-state index in [1.165, 1.54) is 31.7 Å². The van der Waals surface area contributed by atoms with Crippen molar-refractivity contribution in [3.63, 3.8) is 0 Å². The molecular formula is C13H20N4. The lowest BCUT2D eigenvalue weighted by atomic mass is 9.96. The summed E-state index contributed by atoms with van der Waals surface area (Å²) in [6.45, 7) is 5.95. The van der Waals surface area contributed by atoms with E-state index in [0.717, 1.165) is 13.0 Å². The van der Waals surface area contributed by atoms with Crippen molar-refractivity contribution in [3.05, 3.63) is 30.1 Å². The molecule has 2 unspecified atom stereocenters. The second kappa shape index (κ2) is 4.72. The van der Waals surface area contributed by atoms with Gasteiger partial charge in [-0.2, -0.15) is 0 Å². The van der Waals surface area contributed by atoms with Crippen LogP contribution in [0.2, 0.25) is 0 Å². The van der Waals surface area contributed by atoms with Gasteiger partial charge in [-0.25, -0.2) is 0 Å². The summed E-state index contributed by atoms with van der Waals surface area (Å²) in [7, 11) is 0. The Kier molecular flexibility index (Phi) is 3.09. The van der Waals surface area contributed by atoms with Gasteiger partial charge in [-0.3, -0.25) is 14.8 Å². The summed E-state index contributed by atoms with van der Waals surface area (Å²) in [5.41, 5.74) is 7.62. The van der Waals surface area contributed by atoms with E-state index < -0.39 is 0 Å². The molecule has 4 heterocycles. The zero-order valence-electron chi connectivity index (χ0n) is 10.1. The van der Waals surface area contributed by atoms with Crippen molar-refractivity contribution in [1.29, 1.82) is 0 Å². The second-order valence-electron chi connectivity index (χ2n) is 5.13. The molecule has 3 saturated heterocycles. The lowest BCUT2D eigenvalue weighted by Crippen LogP contribution is -2.66. The van der Waals surface area contributed by atoms with Crippen LogP contribution >= 0.6 is 0 Å². The number of pyridine rings is 1. The van der Waals surface area contributed by atoms with E-state index in [4.69, 9.17) is 5.73 Å². The molecule has 0 aliphatic carbocycles. The quantitative estimate of drug-likeness (QED) is 0.794. The number of hydrogen-bond acceptors (Lipinski definition) is 4. The summed E-state index contributed by atoms with van der Waals surface area (Å²) in [5.74, 6) is 0. The number of nitrogens with zero attached hydrogens (tertiary/aromatic N) is 3. The number of rotatable bonds is 3. The van der Waals surface area contributed by atoms with Crippen LogP contribution in [0.3, 0.4) is 0 Å². The van der Waals surface area contributed by atoms with Gasteiger partial charge < -0.3 is 5.73 Å². The Morgan fingerprint density at radius 3 is 2.76 bits per heavy atom. The molecule has 2 bridgehead atoms. The minimum Gasteiger partial charge on any atom is -0.326 e. The molecule has 0 amide bonds. The predicted molar refractivity (Wildman–Crippen MR) is 67.7 cm³/mol. The Bertz CT molecular complexity index is 359. The van der Waals surface area contributed by atoms with E-state index in [2.05, 4.69) is 20.9 Å². The minimum absolute atomic E-state index is 0.224. The summed E-state index contributed by atoms with van der Waals surface area (Å²) in [5, 5.41) is 0. The van der Waals surface area contributed by atoms with Crippen LogP contribution in [0, 0.1) is 0 Å². The smallest absolute Gasteiger partial charge is 0.0378 e. The standard InChI is InChI=1S/C13H20N4/c14-12(8-11-2-1-3-15-9-11)13-10-16-4-6-17(13)7-5-16/h1-3,9,12-13H,4-8,10,14H2. The molecule has 4 nitrogen and oxygen atoms in total. The average Bonchev–Trinajstić information content (AvgIpc) is 2.41. The summed E-state index contributed by atoms with van der Waals surface area (Å²) >= 11 is 0.